The molecule has 0 saturated carbocycles. The molecular weight excluding hydrogens is 330 g/mol. The second-order valence-electron chi connectivity index (χ2n) is 6.53. The Morgan fingerprint density at radius 1 is 1.27 bits per heavy atom. The topological polar surface area (TPSA) is 82.5 Å². The van der Waals surface area contributed by atoms with E-state index in [-0.39, 0.29) is 31.0 Å². The van der Waals surface area contributed by atoms with Crippen LogP contribution >= 0.6 is 0 Å². The molecule has 1 aliphatic heterocycles. The fourth-order valence-electron chi connectivity index (χ4n) is 3.37. The second-order valence-corrected chi connectivity index (χ2v) is 6.53. The van der Waals surface area contributed by atoms with Crippen molar-refractivity contribution in [3.05, 3.63) is 47.8 Å². The van der Waals surface area contributed by atoms with Gasteiger partial charge in [-0.25, -0.2) is 0 Å². The number of rotatable bonds is 4. The molecule has 2 amide bonds. The van der Waals surface area contributed by atoms with Crippen LogP contribution in [-0.2, 0) is 11.2 Å². The van der Waals surface area contributed by atoms with E-state index in [0.29, 0.717) is 5.69 Å². The summed E-state index contributed by atoms with van der Waals surface area (Å²) in [5, 5.41) is 11.3. The zero-order valence-electron chi connectivity index (χ0n) is 15.0. The van der Waals surface area contributed by atoms with Crippen molar-refractivity contribution in [3.8, 4) is 11.1 Å². The highest BCUT2D eigenvalue weighted by atomic mass is 16.3. The number of aryl methyl sites for hydroxylation is 1. The predicted molar refractivity (Wildman–Crippen MR) is 100 cm³/mol. The average Bonchev–Trinajstić information content (AvgIpc) is 2.65. The summed E-state index contributed by atoms with van der Waals surface area (Å²) in [6, 6.07) is 9.81. The zero-order chi connectivity index (χ0) is 18.7. The van der Waals surface area contributed by atoms with Crippen LogP contribution in [-0.4, -0.2) is 41.1 Å². The van der Waals surface area contributed by atoms with Gasteiger partial charge in [0, 0.05) is 37.0 Å². The average molecular weight is 353 g/mol. The van der Waals surface area contributed by atoms with E-state index in [4.69, 9.17) is 5.11 Å². The molecule has 0 fully saturated rings. The highest BCUT2D eigenvalue weighted by Gasteiger charge is 2.26. The van der Waals surface area contributed by atoms with Gasteiger partial charge in [0.25, 0.3) is 5.91 Å². The van der Waals surface area contributed by atoms with Crippen molar-refractivity contribution in [1.82, 2.24) is 10.3 Å². The first kappa shape index (κ1) is 18.1. The van der Waals surface area contributed by atoms with Crippen LogP contribution < -0.4 is 10.2 Å². The number of nitrogens with one attached hydrogen (secondary N) is 1. The van der Waals surface area contributed by atoms with E-state index in [1.165, 1.54) is 0 Å². The third kappa shape index (κ3) is 3.60. The lowest BCUT2D eigenvalue weighted by Crippen LogP contribution is -2.40. The molecule has 2 aromatic rings. The molecule has 1 aliphatic rings. The van der Waals surface area contributed by atoms with E-state index < -0.39 is 0 Å². The number of carbonyl (C=O) groups is 2. The van der Waals surface area contributed by atoms with E-state index in [1.54, 1.807) is 19.2 Å². The summed E-state index contributed by atoms with van der Waals surface area (Å²) in [6.45, 7) is 3.78. The van der Waals surface area contributed by atoms with Crippen LogP contribution in [0.3, 0.4) is 0 Å². The Labute approximate surface area is 152 Å². The standard InChI is InChI=1S/C20H23N3O3/c1-13-3-4-16-11-15(6-8-19(16)23(13)14(2)25)17-5-7-18(22-12-17)20(26)21-9-10-24/h5-8,11-13,24H,3-4,9-10H2,1-2H3,(H,21,26)/t13-/m0/s1. The molecule has 6 nitrogen and oxygen atoms in total. The first-order chi connectivity index (χ1) is 12.5. The number of aromatic nitrogens is 1. The summed E-state index contributed by atoms with van der Waals surface area (Å²) in [5.74, 6) is -0.242. The Bertz CT molecular complexity index is 818. The van der Waals surface area contributed by atoms with E-state index in [0.717, 1.165) is 35.2 Å². The predicted octanol–water partition coefficient (Wildman–Crippen LogP) is 2.16. The van der Waals surface area contributed by atoms with Crippen LogP contribution in [0.5, 0.6) is 0 Å². The Morgan fingerprint density at radius 2 is 2.04 bits per heavy atom. The van der Waals surface area contributed by atoms with E-state index in [1.807, 2.05) is 23.1 Å². The van der Waals surface area contributed by atoms with Crippen LogP contribution in [0, 0.1) is 0 Å². The number of amides is 2. The molecule has 0 aliphatic carbocycles. The molecule has 0 bridgehead atoms. The fraction of sp³-hybridized carbons (Fsp3) is 0.350. The maximum Gasteiger partial charge on any atom is 0.269 e. The molecular formula is C20H23N3O3. The molecule has 26 heavy (non-hydrogen) atoms. The van der Waals surface area contributed by atoms with Gasteiger partial charge in [0.2, 0.25) is 5.91 Å². The Morgan fingerprint density at radius 3 is 2.69 bits per heavy atom. The van der Waals surface area contributed by atoms with E-state index in [9.17, 15) is 9.59 Å². The molecule has 1 aromatic heterocycles. The molecule has 0 spiro atoms. The minimum atomic E-state index is -0.304. The molecule has 6 heteroatoms. The number of carbonyl (C=O) groups excluding carboxylic acids is 2. The number of benzene rings is 1. The molecule has 3 rings (SSSR count). The number of aliphatic hydroxyl groups is 1. The number of nitrogens with zero attached hydrogens (tertiary/aromatic N) is 2. The summed E-state index contributed by atoms with van der Waals surface area (Å²) >= 11 is 0. The third-order valence-electron chi connectivity index (χ3n) is 4.68. The summed E-state index contributed by atoms with van der Waals surface area (Å²) in [7, 11) is 0. The molecule has 0 unspecified atom stereocenters. The molecule has 136 valence electrons. The quantitative estimate of drug-likeness (QED) is 0.882. The Kier molecular flexibility index (Phi) is 5.32. The van der Waals surface area contributed by atoms with Gasteiger partial charge in [0.1, 0.15) is 5.69 Å². The number of hydrogen-bond donors (Lipinski definition) is 2. The largest absolute Gasteiger partial charge is 0.395 e. The lowest BCUT2D eigenvalue weighted by atomic mass is 9.93. The van der Waals surface area contributed by atoms with Crippen molar-refractivity contribution in [2.75, 3.05) is 18.1 Å². The maximum atomic E-state index is 12.0. The SMILES string of the molecule is CC(=O)N1c2ccc(-c3ccc(C(=O)NCCO)nc3)cc2CC[C@@H]1C. The lowest BCUT2D eigenvalue weighted by molar-refractivity contribution is -0.117. The van der Waals surface area contributed by atoms with E-state index >= 15 is 0 Å². The van der Waals surface area contributed by atoms with Crippen molar-refractivity contribution in [1.29, 1.82) is 0 Å². The summed E-state index contributed by atoms with van der Waals surface area (Å²) in [6.07, 6.45) is 3.55. The molecule has 0 radical (unpaired) electrons. The van der Waals surface area contributed by atoms with Gasteiger partial charge >= 0.3 is 0 Å². The van der Waals surface area contributed by atoms with Gasteiger partial charge in [-0.1, -0.05) is 12.1 Å². The van der Waals surface area contributed by atoms with Crippen molar-refractivity contribution in [3.63, 3.8) is 0 Å². The van der Waals surface area contributed by atoms with Gasteiger partial charge in [-0.05, 0) is 49.1 Å². The van der Waals surface area contributed by atoms with Gasteiger partial charge in [0.15, 0.2) is 0 Å². The number of hydrogen-bond acceptors (Lipinski definition) is 4. The second kappa shape index (κ2) is 7.66. The Hall–Kier alpha value is -2.73. The number of pyridine rings is 1. The van der Waals surface area contributed by atoms with E-state index in [2.05, 4.69) is 23.3 Å². The van der Waals surface area contributed by atoms with Crippen LogP contribution in [0.25, 0.3) is 11.1 Å². The van der Waals surface area contributed by atoms with Gasteiger partial charge in [-0.2, -0.15) is 0 Å². The smallest absolute Gasteiger partial charge is 0.269 e. The van der Waals surface area contributed by atoms with Crippen molar-refractivity contribution >= 4 is 17.5 Å². The van der Waals surface area contributed by atoms with Gasteiger partial charge in [-0.3, -0.25) is 14.6 Å². The van der Waals surface area contributed by atoms with Gasteiger partial charge in [0.05, 0.1) is 6.61 Å². The molecule has 2 heterocycles. The number of anilines is 1. The lowest BCUT2D eigenvalue weighted by Gasteiger charge is -2.34. The van der Waals surface area contributed by atoms with Crippen LogP contribution in [0.1, 0.15) is 36.3 Å². The normalized spacial score (nSPS) is 16.1. The fourth-order valence-corrected chi connectivity index (χ4v) is 3.37. The van der Waals surface area contributed by atoms with Crippen LogP contribution in [0.2, 0.25) is 0 Å². The van der Waals surface area contributed by atoms with Crippen LogP contribution in [0.15, 0.2) is 36.5 Å². The molecule has 1 aromatic carbocycles. The zero-order valence-corrected chi connectivity index (χ0v) is 15.0. The summed E-state index contributed by atoms with van der Waals surface area (Å²) in [5.41, 5.74) is 4.38. The number of fused-ring (bicyclic) bond motifs is 1. The van der Waals surface area contributed by atoms with Crippen molar-refractivity contribution in [2.24, 2.45) is 0 Å². The van der Waals surface area contributed by atoms with Crippen molar-refractivity contribution in [2.45, 2.75) is 32.7 Å². The maximum absolute atomic E-state index is 12.0. The summed E-state index contributed by atoms with van der Waals surface area (Å²) < 4.78 is 0. The first-order valence-electron chi connectivity index (χ1n) is 8.79. The minimum Gasteiger partial charge on any atom is -0.395 e. The summed E-state index contributed by atoms with van der Waals surface area (Å²) in [4.78, 5) is 29.9. The molecule has 0 saturated heterocycles. The monoisotopic (exact) mass is 353 g/mol. The molecule has 2 N–H and O–H groups in total. The minimum absolute atomic E-state index is 0.0612. The van der Waals surface area contributed by atoms with Gasteiger partial charge in [-0.15, -0.1) is 0 Å². The Balaban J connectivity index is 1.85. The van der Waals surface area contributed by atoms with Crippen LogP contribution in [0.4, 0.5) is 5.69 Å². The third-order valence-corrected chi connectivity index (χ3v) is 4.68. The first-order valence-corrected chi connectivity index (χ1v) is 8.79. The molecule has 1 atom stereocenters. The van der Waals surface area contributed by atoms with Gasteiger partial charge < -0.3 is 15.3 Å². The van der Waals surface area contributed by atoms with Crippen molar-refractivity contribution < 1.29 is 14.7 Å². The highest BCUT2D eigenvalue weighted by molar-refractivity contribution is 5.94. The highest BCUT2D eigenvalue weighted by Crippen LogP contribution is 2.34. The number of aliphatic hydroxyl groups excluding tert-OH is 1.